The van der Waals surface area contributed by atoms with Gasteiger partial charge < -0.3 is 10.2 Å². The van der Waals surface area contributed by atoms with Gasteiger partial charge in [0, 0.05) is 32.0 Å². The van der Waals surface area contributed by atoms with Crippen molar-refractivity contribution < 1.29 is 4.79 Å². The van der Waals surface area contributed by atoms with Gasteiger partial charge in [-0.2, -0.15) is 0 Å². The second-order valence-electron chi connectivity index (χ2n) is 7.32. The van der Waals surface area contributed by atoms with Crippen molar-refractivity contribution in [2.45, 2.75) is 25.7 Å². The summed E-state index contributed by atoms with van der Waals surface area (Å²) in [5.74, 6) is 0.355. The highest BCUT2D eigenvalue weighted by Gasteiger charge is 2.44. The molecule has 1 aromatic heterocycles. The van der Waals surface area contributed by atoms with Crippen LogP contribution < -0.4 is 5.32 Å². The molecule has 2 saturated heterocycles. The summed E-state index contributed by atoms with van der Waals surface area (Å²) >= 11 is 0. The van der Waals surface area contributed by atoms with Crippen molar-refractivity contribution in [1.29, 1.82) is 0 Å². The number of pyridine rings is 1. The fourth-order valence-electron chi connectivity index (χ4n) is 4.16. The number of rotatable bonds is 4. The summed E-state index contributed by atoms with van der Waals surface area (Å²) in [6, 6.07) is 12.7. The van der Waals surface area contributed by atoms with Gasteiger partial charge in [-0.25, -0.2) is 0 Å². The van der Waals surface area contributed by atoms with Crippen LogP contribution in [0.3, 0.4) is 0 Å². The lowest BCUT2D eigenvalue weighted by Crippen LogP contribution is -2.45. The Hall–Kier alpha value is -2.20. The van der Waals surface area contributed by atoms with Gasteiger partial charge in [0.05, 0.1) is 5.41 Å². The summed E-state index contributed by atoms with van der Waals surface area (Å²) in [6.45, 7) is 3.60. The van der Waals surface area contributed by atoms with E-state index in [9.17, 15) is 4.79 Å². The summed E-state index contributed by atoms with van der Waals surface area (Å²) in [4.78, 5) is 19.3. The number of likely N-dealkylation sites (tertiary alicyclic amines) is 1. The maximum Gasteiger partial charge on any atom is 0.230 e. The molecule has 4 rings (SSSR count). The first-order valence-corrected chi connectivity index (χ1v) is 9.26. The van der Waals surface area contributed by atoms with Crippen LogP contribution >= 0.6 is 0 Å². The molecule has 0 spiro atoms. The van der Waals surface area contributed by atoms with Crippen LogP contribution in [0.2, 0.25) is 0 Å². The van der Waals surface area contributed by atoms with E-state index in [4.69, 9.17) is 0 Å². The normalized spacial score (nSPS) is 23.1. The minimum Gasteiger partial charge on any atom is -0.342 e. The first-order chi connectivity index (χ1) is 12.3. The molecule has 25 heavy (non-hydrogen) atoms. The SMILES string of the molecule is O=C(N1CCCC1)C1(Cc2ccc(-c3ccncc3)cc2)CCNC1. The Bertz CT molecular complexity index is 715. The van der Waals surface area contributed by atoms with Crippen molar-refractivity contribution in [3.05, 3.63) is 54.4 Å². The second-order valence-corrected chi connectivity index (χ2v) is 7.32. The van der Waals surface area contributed by atoms with Crippen molar-refractivity contribution >= 4 is 5.91 Å². The average Bonchev–Trinajstić information content (AvgIpc) is 3.35. The van der Waals surface area contributed by atoms with E-state index in [1.807, 2.05) is 24.5 Å². The van der Waals surface area contributed by atoms with E-state index in [2.05, 4.69) is 39.5 Å². The number of hydrogen-bond donors (Lipinski definition) is 1. The van der Waals surface area contributed by atoms with Crippen LogP contribution in [0.5, 0.6) is 0 Å². The standard InChI is InChI=1S/C21H25N3O/c25-20(24-13-1-2-14-24)21(9-12-23-16-21)15-17-3-5-18(6-4-17)19-7-10-22-11-8-19/h3-8,10-11,23H,1-2,9,12-16H2. The van der Waals surface area contributed by atoms with Crippen LogP contribution in [0.25, 0.3) is 11.1 Å². The van der Waals surface area contributed by atoms with Crippen LogP contribution in [0.4, 0.5) is 0 Å². The van der Waals surface area contributed by atoms with Crippen LogP contribution in [0, 0.1) is 5.41 Å². The number of nitrogens with one attached hydrogen (secondary N) is 1. The van der Waals surface area contributed by atoms with E-state index in [1.165, 1.54) is 16.7 Å². The third-order valence-electron chi connectivity index (χ3n) is 5.60. The van der Waals surface area contributed by atoms with E-state index in [1.54, 1.807) is 0 Å². The Balaban J connectivity index is 1.53. The summed E-state index contributed by atoms with van der Waals surface area (Å²) in [5, 5.41) is 3.42. The molecule has 0 bridgehead atoms. The Kier molecular flexibility index (Phi) is 4.53. The third-order valence-corrected chi connectivity index (χ3v) is 5.60. The Morgan fingerprint density at radius 2 is 1.72 bits per heavy atom. The zero-order valence-electron chi connectivity index (χ0n) is 14.6. The smallest absolute Gasteiger partial charge is 0.230 e. The largest absolute Gasteiger partial charge is 0.342 e. The molecule has 3 heterocycles. The summed E-state index contributed by atoms with van der Waals surface area (Å²) < 4.78 is 0. The first-order valence-electron chi connectivity index (χ1n) is 9.26. The molecule has 1 aromatic carbocycles. The van der Waals surface area contributed by atoms with Crippen molar-refractivity contribution in [3.8, 4) is 11.1 Å². The average molecular weight is 335 g/mol. The highest BCUT2D eigenvalue weighted by molar-refractivity contribution is 5.84. The molecule has 2 aliphatic rings. The van der Waals surface area contributed by atoms with Gasteiger partial charge in [0.1, 0.15) is 0 Å². The zero-order chi connectivity index (χ0) is 17.1. The lowest BCUT2D eigenvalue weighted by molar-refractivity contribution is -0.140. The van der Waals surface area contributed by atoms with E-state index in [0.717, 1.165) is 51.9 Å². The molecule has 0 saturated carbocycles. The quantitative estimate of drug-likeness (QED) is 0.934. The number of carbonyl (C=O) groups excluding carboxylic acids is 1. The molecule has 4 heteroatoms. The van der Waals surface area contributed by atoms with E-state index >= 15 is 0 Å². The molecule has 2 aliphatic heterocycles. The maximum absolute atomic E-state index is 13.1. The van der Waals surface area contributed by atoms with Gasteiger partial charge in [-0.3, -0.25) is 9.78 Å². The highest BCUT2D eigenvalue weighted by atomic mass is 16.2. The molecular weight excluding hydrogens is 310 g/mol. The molecule has 1 amide bonds. The Morgan fingerprint density at radius 1 is 1.04 bits per heavy atom. The fraction of sp³-hybridized carbons (Fsp3) is 0.429. The van der Waals surface area contributed by atoms with Gasteiger partial charge in [-0.05, 0) is 61.1 Å². The van der Waals surface area contributed by atoms with Crippen LogP contribution in [0.1, 0.15) is 24.8 Å². The molecule has 1 atom stereocenters. The fourth-order valence-corrected chi connectivity index (χ4v) is 4.16. The number of hydrogen-bond acceptors (Lipinski definition) is 3. The molecule has 1 N–H and O–H groups in total. The van der Waals surface area contributed by atoms with E-state index < -0.39 is 0 Å². The lowest BCUT2D eigenvalue weighted by atomic mass is 9.79. The second kappa shape index (κ2) is 6.96. The van der Waals surface area contributed by atoms with Crippen LogP contribution in [0.15, 0.2) is 48.8 Å². The number of aromatic nitrogens is 1. The molecule has 2 fully saturated rings. The van der Waals surface area contributed by atoms with Crippen molar-refractivity contribution in [1.82, 2.24) is 15.2 Å². The van der Waals surface area contributed by atoms with Crippen molar-refractivity contribution in [2.24, 2.45) is 5.41 Å². The molecular formula is C21H25N3O. The minimum atomic E-state index is -0.261. The predicted octanol–water partition coefficient (Wildman–Crippen LogP) is 2.89. The summed E-state index contributed by atoms with van der Waals surface area (Å²) in [6.07, 6.45) is 7.69. The molecule has 0 aliphatic carbocycles. The third kappa shape index (κ3) is 3.31. The zero-order valence-corrected chi connectivity index (χ0v) is 14.6. The van der Waals surface area contributed by atoms with Crippen molar-refractivity contribution in [2.75, 3.05) is 26.2 Å². The topological polar surface area (TPSA) is 45.2 Å². The van der Waals surface area contributed by atoms with Gasteiger partial charge >= 0.3 is 0 Å². The molecule has 4 nitrogen and oxygen atoms in total. The van der Waals surface area contributed by atoms with Gasteiger partial charge in [0.25, 0.3) is 0 Å². The Labute approximate surface area is 149 Å². The number of amides is 1. The minimum absolute atomic E-state index is 0.261. The van der Waals surface area contributed by atoms with Crippen LogP contribution in [-0.4, -0.2) is 42.0 Å². The summed E-state index contributed by atoms with van der Waals surface area (Å²) in [5.41, 5.74) is 3.35. The van der Waals surface area contributed by atoms with Gasteiger partial charge in [-0.15, -0.1) is 0 Å². The number of benzene rings is 1. The lowest BCUT2D eigenvalue weighted by Gasteiger charge is -2.32. The van der Waals surface area contributed by atoms with E-state index in [-0.39, 0.29) is 5.41 Å². The summed E-state index contributed by atoms with van der Waals surface area (Å²) in [7, 11) is 0. The number of nitrogens with zero attached hydrogens (tertiary/aromatic N) is 2. The van der Waals surface area contributed by atoms with Crippen molar-refractivity contribution in [3.63, 3.8) is 0 Å². The molecule has 2 aromatic rings. The Morgan fingerprint density at radius 3 is 2.36 bits per heavy atom. The molecule has 1 unspecified atom stereocenters. The first kappa shape index (κ1) is 16.3. The van der Waals surface area contributed by atoms with Gasteiger partial charge in [0.15, 0.2) is 0 Å². The monoisotopic (exact) mass is 335 g/mol. The van der Waals surface area contributed by atoms with Gasteiger partial charge in [-0.1, -0.05) is 24.3 Å². The predicted molar refractivity (Wildman–Crippen MR) is 99.1 cm³/mol. The molecule has 130 valence electrons. The maximum atomic E-state index is 13.1. The van der Waals surface area contributed by atoms with Gasteiger partial charge in [0.2, 0.25) is 5.91 Å². The van der Waals surface area contributed by atoms with Crippen LogP contribution in [-0.2, 0) is 11.2 Å². The number of carbonyl (C=O) groups is 1. The molecule has 0 radical (unpaired) electrons. The highest BCUT2D eigenvalue weighted by Crippen LogP contribution is 2.34. The van der Waals surface area contributed by atoms with E-state index in [0.29, 0.717) is 5.91 Å².